The highest BCUT2D eigenvalue weighted by molar-refractivity contribution is 5.92. The second-order valence-corrected chi connectivity index (χ2v) is 4.85. The van der Waals surface area contributed by atoms with Crippen LogP contribution in [0.25, 0.3) is 10.9 Å². The number of aromatic hydroxyl groups is 1. The van der Waals surface area contributed by atoms with Crippen LogP contribution >= 0.6 is 0 Å². The third kappa shape index (κ3) is 3.53. The van der Waals surface area contributed by atoms with Crippen molar-refractivity contribution in [2.45, 2.75) is 20.8 Å². The Balaban J connectivity index is 0.00000100. The minimum Gasteiger partial charge on any atom is -0.504 e. The molecule has 24 heavy (non-hydrogen) atoms. The highest BCUT2D eigenvalue weighted by Gasteiger charge is 2.10. The van der Waals surface area contributed by atoms with Gasteiger partial charge in [-0.05, 0) is 36.8 Å². The molecule has 0 unspecified atom stereocenters. The maximum absolute atomic E-state index is 13.3. The van der Waals surface area contributed by atoms with Crippen LogP contribution in [0.15, 0.2) is 36.7 Å². The molecular weight excluding hydrogens is 309 g/mol. The summed E-state index contributed by atoms with van der Waals surface area (Å²) in [4.78, 5) is 8.35. The second kappa shape index (κ2) is 7.59. The summed E-state index contributed by atoms with van der Waals surface area (Å²) in [6.45, 7) is 5.69. The van der Waals surface area contributed by atoms with Gasteiger partial charge in [-0.3, -0.25) is 0 Å². The molecule has 0 atom stereocenters. The first-order valence-electron chi connectivity index (χ1n) is 7.63. The predicted molar refractivity (Wildman–Crippen MR) is 93.5 cm³/mol. The van der Waals surface area contributed by atoms with Crippen molar-refractivity contribution in [1.82, 2.24) is 9.97 Å². The topological polar surface area (TPSA) is 67.3 Å². The number of benzene rings is 2. The number of anilines is 2. The van der Waals surface area contributed by atoms with E-state index in [0.29, 0.717) is 33.7 Å². The quantitative estimate of drug-likeness (QED) is 0.737. The fourth-order valence-corrected chi connectivity index (χ4v) is 2.19. The van der Waals surface area contributed by atoms with E-state index in [1.165, 1.54) is 25.6 Å². The van der Waals surface area contributed by atoms with Gasteiger partial charge in [-0.1, -0.05) is 13.8 Å². The van der Waals surface area contributed by atoms with Gasteiger partial charge in [0.1, 0.15) is 18.0 Å². The van der Waals surface area contributed by atoms with Crippen LogP contribution < -0.4 is 10.1 Å². The lowest BCUT2D eigenvalue weighted by atomic mass is 10.2. The fourth-order valence-electron chi connectivity index (χ4n) is 2.19. The molecule has 5 nitrogen and oxygen atoms in total. The van der Waals surface area contributed by atoms with Gasteiger partial charge in [-0.2, -0.15) is 0 Å². The van der Waals surface area contributed by atoms with E-state index < -0.39 is 0 Å². The van der Waals surface area contributed by atoms with E-state index >= 15 is 0 Å². The summed E-state index contributed by atoms with van der Waals surface area (Å²) in [5.74, 6) is 0.604. The van der Waals surface area contributed by atoms with Crippen LogP contribution in [0, 0.1) is 12.7 Å². The van der Waals surface area contributed by atoms with E-state index in [0.717, 1.165) is 0 Å². The summed E-state index contributed by atoms with van der Waals surface area (Å²) in [5.41, 5.74) is 1.87. The van der Waals surface area contributed by atoms with Crippen LogP contribution in [-0.4, -0.2) is 22.2 Å². The van der Waals surface area contributed by atoms with E-state index in [4.69, 9.17) is 4.74 Å². The molecule has 0 aliphatic carbocycles. The summed E-state index contributed by atoms with van der Waals surface area (Å²) in [5, 5.41) is 13.7. The zero-order valence-corrected chi connectivity index (χ0v) is 14.1. The Morgan fingerprint density at radius 2 is 1.88 bits per heavy atom. The summed E-state index contributed by atoms with van der Waals surface area (Å²) >= 11 is 0. The highest BCUT2D eigenvalue weighted by atomic mass is 19.1. The lowest BCUT2D eigenvalue weighted by molar-refractivity contribution is 0.374. The number of ether oxygens (including phenoxy) is 1. The molecule has 2 N–H and O–H groups in total. The first-order valence-corrected chi connectivity index (χ1v) is 7.63. The number of hydrogen-bond acceptors (Lipinski definition) is 5. The maximum atomic E-state index is 13.3. The average molecular weight is 329 g/mol. The largest absolute Gasteiger partial charge is 0.504 e. The van der Waals surface area contributed by atoms with Crippen LogP contribution in [0.3, 0.4) is 0 Å². The molecule has 1 heterocycles. The molecule has 0 fully saturated rings. The third-order valence-corrected chi connectivity index (χ3v) is 3.36. The van der Waals surface area contributed by atoms with Gasteiger partial charge < -0.3 is 15.2 Å². The summed E-state index contributed by atoms with van der Waals surface area (Å²) in [6, 6.07) is 7.87. The summed E-state index contributed by atoms with van der Waals surface area (Å²) in [7, 11) is 1.47. The van der Waals surface area contributed by atoms with Crippen LogP contribution in [0.1, 0.15) is 19.4 Å². The van der Waals surface area contributed by atoms with E-state index in [9.17, 15) is 9.50 Å². The monoisotopic (exact) mass is 329 g/mol. The molecule has 6 heteroatoms. The molecule has 2 aromatic carbocycles. The summed E-state index contributed by atoms with van der Waals surface area (Å²) < 4.78 is 18.4. The Morgan fingerprint density at radius 1 is 1.12 bits per heavy atom. The van der Waals surface area contributed by atoms with Gasteiger partial charge in [0.25, 0.3) is 0 Å². The maximum Gasteiger partial charge on any atom is 0.162 e. The van der Waals surface area contributed by atoms with Gasteiger partial charge in [-0.15, -0.1) is 0 Å². The molecule has 0 aliphatic heterocycles. The van der Waals surface area contributed by atoms with Gasteiger partial charge >= 0.3 is 0 Å². The lowest BCUT2D eigenvalue weighted by Crippen LogP contribution is -1.97. The standard InChI is InChI=1S/C16H14FN3O2.C2H6/c1-9-5-10(3-4-12(9)17)20-16-11-6-14(21)15(22-2)7-13(11)18-8-19-16;1-2/h3-8,21H,1-2H3,(H,18,19,20);1-2H3. The molecule has 0 saturated heterocycles. The molecule has 0 aliphatic rings. The van der Waals surface area contributed by atoms with Crippen LogP contribution in [0.4, 0.5) is 15.9 Å². The first-order chi connectivity index (χ1) is 11.6. The van der Waals surface area contributed by atoms with Crippen molar-refractivity contribution in [1.29, 1.82) is 0 Å². The Kier molecular flexibility index (Phi) is 5.52. The number of aromatic nitrogens is 2. The molecular formula is C18H20FN3O2. The SMILES string of the molecule is CC.COc1cc2ncnc(Nc3ccc(F)c(C)c3)c2cc1O. The third-order valence-electron chi connectivity index (χ3n) is 3.36. The molecule has 0 amide bonds. The minimum absolute atomic E-state index is 0.00290. The van der Waals surface area contributed by atoms with Crippen molar-refractivity contribution in [2.75, 3.05) is 12.4 Å². The van der Waals surface area contributed by atoms with Crippen molar-refractivity contribution in [3.63, 3.8) is 0 Å². The van der Waals surface area contributed by atoms with Crippen LogP contribution in [0.2, 0.25) is 0 Å². The number of aryl methyl sites for hydroxylation is 1. The van der Waals surface area contributed by atoms with Crippen molar-refractivity contribution < 1.29 is 14.2 Å². The van der Waals surface area contributed by atoms with Crippen LogP contribution in [0.5, 0.6) is 11.5 Å². The second-order valence-electron chi connectivity index (χ2n) is 4.85. The molecule has 0 saturated carbocycles. The Bertz CT molecular complexity index is 853. The van der Waals surface area contributed by atoms with Crippen molar-refractivity contribution in [2.24, 2.45) is 0 Å². The molecule has 3 aromatic rings. The molecule has 0 spiro atoms. The number of phenolic OH excluding ortho intramolecular Hbond substituents is 1. The normalized spacial score (nSPS) is 10.0. The van der Waals surface area contributed by atoms with Crippen molar-refractivity contribution in [3.8, 4) is 11.5 Å². The van der Waals surface area contributed by atoms with E-state index in [1.807, 2.05) is 13.8 Å². The first kappa shape index (κ1) is 17.5. The van der Waals surface area contributed by atoms with Gasteiger partial charge in [0.2, 0.25) is 0 Å². The molecule has 1 aromatic heterocycles. The van der Waals surface area contributed by atoms with E-state index in [2.05, 4.69) is 15.3 Å². The van der Waals surface area contributed by atoms with Gasteiger partial charge in [0, 0.05) is 17.1 Å². The smallest absolute Gasteiger partial charge is 0.162 e. The number of nitrogens with zero attached hydrogens (tertiary/aromatic N) is 2. The number of fused-ring (bicyclic) bond motifs is 1. The van der Waals surface area contributed by atoms with E-state index in [1.54, 1.807) is 25.1 Å². The highest BCUT2D eigenvalue weighted by Crippen LogP contribution is 2.33. The zero-order chi connectivity index (χ0) is 17.7. The number of rotatable bonds is 3. The number of halogens is 1. The van der Waals surface area contributed by atoms with Gasteiger partial charge in [0.15, 0.2) is 11.5 Å². The molecule has 0 radical (unpaired) electrons. The number of phenols is 1. The van der Waals surface area contributed by atoms with Gasteiger partial charge in [0.05, 0.1) is 12.6 Å². The predicted octanol–water partition coefficient (Wildman–Crippen LogP) is 4.56. The minimum atomic E-state index is -0.263. The van der Waals surface area contributed by atoms with E-state index in [-0.39, 0.29) is 11.6 Å². The molecule has 0 bridgehead atoms. The Hall–Kier alpha value is -2.89. The lowest BCUT2D eigenvalue weighted by Gasteiger charge is -2.11. The zero-order valence-electron chi connectivity index (χ0n) is 14.1. The Morgan fingerprint density at radius 3 is 2.54 bits per heavy atom. The average Bonchev–Trinajstić information content (AvgIpc) is 2.60. The van der Waals surface area contributed by atoms with Gasteiger partial charge in [-0.25, -0.2) is 14.4 Å². The molecule has 3 rings (SSSR count). The molecule has 126 valence electrons. The summed E-state index contributed by atoms with van der Waals surface area (Å²) in [6.07, 6.45) is 1.41. The number of hydrogen-bond donors (Lipinski definition) is 2. The van der Waals surface area contributed by atoms with Crippen LogP contribution in [-0.2, 0) is 0 Å². The number of methoxy groups -OCH3 is 1. The van der Waals surface area contributed by atoms with Crippen molar-refractivity contribution >= 4 is 22.4 Å². The van der Waals surface area contributed by atoms with Crippen molar-refractivity contribution in [3.05, 3.63) is 48.0 Å². The number of nitrogens with one attached hydrogen (secondary N) is 1. The Labute approximate surface area is 140 Å². The fraction of sp³-hybridized carbons (Fsp3) is 0.222.